The topological polar surface area (TPSA) is 126 Å². The lowest BCUT2D eigenvalue weighted by atomic mass is 10.0. The van der Waals surface area contributed by atoms with Crippen molar-refractivity contribution in [1.82, 2.24) is 14.9 Å². The van der Waals surface area contributed by atoms with Crippen molar-refractivity contribution in [2.75, 3.05) is 10.6 Å². The van der Waals surface area contributed by atoms with Crippen LogP contribution in [0.1, 0.15) is 38.3 Å². The Hall–Kier alpha value is -4.80. The summed E-state index contributed by atoms with van der Waals surface area (Å²) in [5.41, 5.74) is 3.46. The highest BCUT2D eigenvalue weighted by Crippen LogP contribution is 2.30. The Kier molecular flexibility index (Phi) is 8.43. The van der Waals surface area contributed by atoms with E-state index in [0.717, 1.165) is 16.7 Å². The molecule has 0 radical (unpaired) electrons. The molecule has 0 bridgehead atoms. The van der Waals surface area contributed by atoms with Crippen LogP contribution >= 0.6 is 0 Å². The first-order chi connectivity index (χ1) is 20.5. The molecule has 0 aliphatic carbocycles. The van der Waals surface area contributed by atoms with Gasteiger partial charge in [-0.25, -0.2) is 13.1 Å². The predicted octanol–water partition coefficient (Wildman–Crippen LogP) is 6.58. The second-order valence-electron chi connectivity index (χ2n) is 11.1. The summed E-state index contributed by atoms with van der Waals surface area (Å²) in [6, 6.07) is 30.2. The van der Waals surface area contributed by atoms with Gasteiger partial charge in [0.1, 0.15) is 6.04 Å². The summed E-state index contributed by atoms with van der Waals surface area (Å²) >= 11 is 0. The van der Waals surface area contributed by atoms with Crippen LogP contribution in [0.2, 0.25) is 0 Å². The van der Waals surface area contributed by atoms with Crippen LogP contribution < -0.4 is 15.4 Å². The molecule has 1 atom stereocenters. The average molecular weight is 596 g/mol. The van der Waals surface area contributed by atoms with E-state index in [1.807, 2.05) is 72.8 Å². The lowest BCUT2D eigenvalue weighted by Crippen LogP contribution is -2.40. The fourth-order valence-corrected chi connectivity index (χ4v) is 6.27. The van der Waals surface area contributed by atoms with E-state index in [2.05, 4.69) is 25.5 Å². The first-order valence-corrected chi connectivity index (χ1v) is 15.2. The number of aromatic nitrogens is 2. The summed E-state index contributed by atoms with van der Waals surface area (Å²) < 4.78 is 34.1. The molecule has 4 aromatic carbocycles. The molecule has 10 heteroatoms. The Morgan fingerprint density at radius 1 is 0.814 bits per heavy atom. The quantitative estimate of drug-likeness (QED) is 0.176. The third-order valence-corrected chi connectivity index (χ3v) is 8.25. The minimum absolute atomic E-state index is 0.199. The van der Waals surface area contributed by atoms with Crippen LogP contribution in [0.3, 0.4) is 0 Å². The highest BCUT2D eigenvalue weighted by Gasteiger charge is 2.25. The van der Waals surface area contributed by atoms with Gasteiger partial charge in [-0.1, -0.05) is 78.0 Å². The van der Waals surface area contributed by atoms with Gasteiger partial charge in [0.15, 0.2) is 0 Å². The molecule has 43 heavy (non-hydrogen) atoms. The van der Waals surface area contributed by atoms with Gasteiger partial charge in [0.05, 0.1) is 4.90 Å². The second-order valence-corrected chi connectivity index (χ2v) is 12.8. The molecule has 0 aliphatic heterocycles. The summed E-state index contributed by atoms with van der Waals surface area (Å²) in [7, 11) is -3.75. The first kappa shape index (κ1) is 29.7. The van der Waals surface area contributed by atoms with Crippen LogP contribution in [-0.4, -0.2) is 30.0 Å². The third-order valence-electron chi connectivity index (χ3n) is 6.44. The number of carbonyl (C=O) groups excluding carboxylic acids is 1. The Labute approximate surface area is 251 Å². The monoisotopic (exact) mass is 595 g/mol. The molecule has 5 aromatic rings. The zero-order valence-electron chi connectivity index (χ0n) is 24.3. The van der Waals surface area contributed by atoms with E-state index in [4.69, 9.17) is 4.52 Å². The Morgan fingerprint density at radius 2 is 1.51 bits per heavy atom. The normalized spacial score (nSPS) is 12.5. The van der Waals surface area contributed by atoms with E-state index in [1.54, 1.807) is 58.0 Å². The molecule has 0 spiro atoms. The van der Waals surface area contributed by atoms with Crippen molar-refractivity contribution in [3.05, 3.63) is 115 Å². The van der Waals surface area contributed by atoms with Crippen molar-refractivity contribution in [3.63, 3.8) is 0 Å². The molecular weight excluding hydrogens is 562 g/mol. The van der Waals surface area contributed by atoms with Crippen molar-refractivity contribution in [2.45, 2.75) is 44.2 Å². The van der Waals surface area contributed by atoms with Gasteiger partial charge in [-0.3, -0.25) is 4.79 Å². The van der Waals surface area contributed by atoms with Crippen LogP contribution in [0.4, 0.5) is 11.4 Å². The molecular formula is C33H33N5O4S. The molecule has 1 unspecified atom stereocenters. The maximum Gasteiger partial charge on any atom is 0.251 e. The summed E-state index contributed by atoms with van der Waals surface area (Å²) in [5.74, 6) is 0.631. The van der Waals surface area contributed by atoms with Crippen LogP contribution in [0.5, 0.6) is 0 Å². The Balaban J connectivity index is 1.39. The largest absolute Gasteiger partial charge is 0.370 e. The molecule has 1 aromatic heterocycles. The van der Waals surface area contributed by atoms with Gasteiger partial charge in [0, 0.05) is 35.0 Å². The highest BCUT2D eigenvalue weighted by molar-refractivity contribution is 7.89. The number of anilines is 2. The third kappa shape index (κ3) is 7.35. The van der Waals surface area contributed by atoms with Gasteiger partial charge >= 0.3 is 0 Å². The van der Waals surface area contributed by atoms with E-state index >= 15 is 0 Å². The van der Waals surface area contributed by atoms with Crippen LogP contribution in [0, 0.1) is 6.92 Å². The van der Waals surface area contributed by atoms with Crippen molar-refractivity contribution in [3.8, 4) is 22.5 Å². The number of aryl methyl sites for hydroxylation is 1. The van der Waals surface area contributed by atoms with Crippen molar-refractivity contribution >= 4 is 27.3 Å². The first-order valence-electron chi connectivity index (χ1n) is 13.8. The van der Waals surface area contributed by atoms with Crippen molar-refractivity contribution in [2.24, 2.45) is 0 Å². The van der Waals surface area contributed by atoms with Gasteiger partial charge in [0.25, 0.3) is 5.91 Å². The summed E-state index contributed by atoms with van der Waals surface area (Å²) in [6.07, 6.45) is 0. The fourth-order valence-electron chi connectivity index (χ4n) is 4.62. The molecule has 0 saturated heterocycles. The van der Waals surface area contributed by atoms with Crippen molar-refractivity contribution in [1.29, 1.82) is 0 Å². The van der Waals surface area contributed by atoms with E-state index in [0.29, 0.717) is 28.7 Å². The average Bonchev–Trinajstić information content (AvgIpc) is 3.42. The number of sulfonamides is 1. The molecule has 0 saturated carbocycles. The lowest BCUT2D eigenvalue weighted by molar-refractivity contribution is -0.117. The number of amides is 1. The molecule has 220 valence electrons. The minimum atomic E-state index is -3.75. The van der Waals surface area contributed by atoms with E-state index in [9.17, 15) is 13.2 Å². The van der Waals surface area contributed by atoms with E-state index < -0.39 is 21.6 Å². The molecule has 5 rings (SSSR count). The zero-order chi connectivity index (χ0) is 30.6. The molecule has 9 nitrogen and oxygen atoms in total. The van der Waals surface area contributed by atoms with Gasteiger partial charge < -0.3 is 15.2 Å². The lowest BCUT2D eigenvalue weighted by Gasteiger charge is -2.22. The number of hydrogen-bond donors (Lipinski definition) is 3. The van der Waals surface area contributed by atoms with Crippen LogP contribution in [-0.2, 0) is 14.8 Å². The summed E-state index contributed by atoms with van der Waals surface area (Å²) in [6.45, 7) is 7.13. The maximum absolute atomic E-state index is 13.6. The van der Waals surface area contributed by atoms with E-state index in [-0.39, 0.29) is 10.8 Å². The minimum Gasteiger partial charge on any atom is -0.370 e. The number of nitrogens with zero attached hydrogens (tertiary/aromatic N) is 2. The van der Waals surface area contributed by atoms with Crippen LogP contribution in [0.15, 0.2) is 113 Å². The number of benzene rings is 4. The van der Waals surface area contributed by atoms with E-state index in [1.165, 1.54) is 0 Å². The van der Waals surface area contributed by atoms with Gasteiger partial charge in [-0.05, 0) is 62.2 Å². The number of rotatable bonds is 9. The highest BCUT2D eigenvalue weighted by atomic mass is 32.2. The number of hydrogen-bond acceptors (Lipinski definition) is 7. The van der Waals surface area contributed by atoms with Crippen LogP contribution in [0.25, 0.3) is 22.5 Å². The second kappa shape index (κ2) is 12.2. The molecule has 3 N–H and O–H groups in total. The fraction of sp³-hybridized carbons (Fsp3) is 0.182. The van der Waals surface area contributed by atoms with Gasteiger partial charge in [-0.2, -0.15) is 4.98 Å². The SMILES string of the molecule is Cc1nc(-c2cccc(NC(=O)C(Nc3ccc(-c4ccccc4S(=O)(=O)NC(C)(C)C)cc3)c3ccccc3)c2)no1. The Bertz CT molecular complexity index is 1830. The summed E-state index contributed by atoms with van der Waals surface area (Å²) in [4.78, 5) is 18.1. The predicted molar refractivity (Wildman–Crippen MR) is 168 cm³/mol. The molecule has 0 fully saturated rings. The smallest absolute Gasteiger partial charge is 0.251 e. The van der Waals surface area contributed by atoms with Gasteiger partial charge in [-0.15, -0.1) is 0 Å². The molecule has 0 aliphatic rings. The molecule has 1 amide bonds. The number of nitrogens with one attached hydrogen (secondary N) is 3. The van der Waals surface area contributed by atoms with Crippen molar-refractivity contribution < 1.29 is 17.7 Å². The maximum atomic E-state index is 13.6. The summed E-state index contributed by atoms with van der Waals surface area (Å²) in [5, 5.41) is 10.3. The standard InChI is InChI=1S/C33H33N5O4S/c1-22-34-31(37-42-22)25-13-10-14-27(21-25)36-32(39)30(24-11-6-5-7-12-24)35-26-19-17-23(18-20-26)28-15-8-9-16-29(28)43(40,41)38-33(2,3)4/h5-21,30,35,38H,1-4H3,(H,36,39). The zero-order valence-corrected chi connectivity index (χ0v) is 25.1. The molecule has 1 heterocycles. The van der Waals surface area contributed by atoms with Gasteiger partial charge in [0.2, 0.25) is 21.7 Å². The number of carbonyl (C=O) groups is 1. The Morgan fingerprint density at radius 3 is 2.19 bits per heavy atom.